The minimum atomic E-state index is -0.185. The molecule has 22 heavy (non-hydrogen) atoms. The van der Waals surface area contributed by atoms with E-state index in [-0.39, 0.29) is 18.5 Å². The summed E-state index contributed by atoms with van der Waals surface area (Å²) < 4.78 is 13.1. The van der Waals surface area contributed by atoms with Crippen LogP contribution in [0.2, 0.25) is 0 Å². The predicted molar refractivity (Wildman–Crippen MR) is 85.7 cm³/mol. The Hall–Kier alpha value is -1.71. The number of hydrogen-bond donors (Lipinski definition) is 2. The van der Waals surface area contributed by atoms with E-state index in [4.69, 9.17) is 5.11 Å². The molecular weight excluding hydrogens is 277 g/mol. The molecule has 1 atom stereocenters. The average molecular weight is 299 g/mol. The quantitative estimate of drug-likeness (QED) is 0.846. The van der Waals surface area contributed by atoms with Crippen LogP contribution in [0, 0.1) is 11.7 Å². The van der Waals surface area contributed by atoms with E-state index in [1.807, 2.05) is 36.4 Å². The van der Waals surface area contributed by atoms with Crippen molar-refractivity contribution in [2.45, 2.75) is 38.5 Å². The first-order valence-electron chi connectivity index (χ1n) is 7.94. The Kier molecular flexibility index (Phi) is 4.86. The predicted octanol–water partition coefficient (Wildman–Crippen LogP) is 3.95. The summed E-state index contributed by atoms with van der Waals surface area (Å²) in [4.78, 5) is 0. The Labute approximate surface area is 131 Å². The minimum Gasteiger partial charge on any atom is -0.392 e. The zero-order valence-corrected chi connectivity index (χ0v) is 12.6. The zero-order chi connectivity index (χ0) is 15.4. The third-order valence-electron chi connectivity index (χ3n) is 4.58. The molecule has 1 aliphatic rings. The molecule has 0 radical (unpaired) electrons. The lowest BCUT2D eigenvalue weighted by atomic mass is 9.77. The monoisotopic (exact) mass is 299 g/mol. The van der Waals surface area contributed by atoms with Gasteiger partial charge in [0.25, 0.3) is 0 Å². The van der Waals surface area contributed by atoms with Crippen molar-refractivity contribution in [1.82, 2.24) is 5.32 Å². The van der Waals surface area contributed by atoms with Crippen LogP contribution >= 0.6 is 0 Å². The SMILES string of the molecule is OCc1ccc(CNC(c2ccc(F)cc2)C2CCC2)cc1. The summed E-state index contributed by atoms with van der Waals surface area (Å²) in [7, 11) is 0. The maximum atomic E-state index is 13.1. The number of aliphatic hydroxyl groups is 1. The van der Waals surface area contributed by atoms with E-state index in [1.165, 1.54) is 24.8 Å². The Balaban J connectivity index is 1.68. The van der Waals surface area contributed by atoms with E-state index in [2.05, 4.69) is 5.32 Å². The van der Waals surface area contributed by atoms with Crippen LogP contribution in [0.3, 0.4) is 0 Å². The second-order valence-electron chi connectivity index (χ2n) is 6.08. The van der Waals surface area contributed by atoms with Gasteiger partial charge in [-0.2, -0.15) is 0 Å². The van der Waals surface area contributed by atoms with E-state index in [1.54, 1.807) is 12.1 Å². The second kappa shape index (κ2) is 7.03. The third kappa shape index (κ3) is 3.54. The molecule has 0 bridgehead atoms. The molecule has 0 aliphatic heterocycles. The fourth-order valence-electron chi connectivity index (χ4n) is 2.99. The van der Waals surface area contributed by atoms with Gasteiger partial charge in [-0.25, -0.2) is 4.39 Å². The van der Waals surface area contributed by atoms with Gasteiger partial charge in [0.2, 0.25) is 0 Å². The molecule has 2 N–H and O–H groups in total. The van der Waals surface area contributed by atoms with Crippen molar-refractivity contribution in [3.8, 4) is 0 Å². The normalized spacial score (nSPS) is 16.3. The van der Waals surface area contributed by atoms with Crippen LogP contribution in [0.1, 0.15) is 42.0 Å². The molecule has 0 amide bonds. The molecule has 2 aromatic carbocycles. The molecule has 1 unspecified atom stereocenters. The average Bonchev–Trinajstić information content (AvgIpc) is 2.51. The minimum absolute atomic E-state index is 0.0774. The van der Waals surface area contributed by atoms with E-state index in [0.29, 0.717) is 5.92 Å². The summed E-state index contributed by atoms with van der Waals surface area (Å²) in [5.74, 6) is 0.456. The van der Waals surface area contributed by atoms with Gasteiger partial charge in [-0.15, -0.1) is 0 Å². The first-order valence-corrected chi connectivity index (χ1v) is 7.94. The molecule has 116 valence electrons. The Morgan fingerprint density at radius 2 is 1.64 bits per heavy atom. The fraction of sp³-hybridized carbons (Fsp3) is 0.368. The molecule has 3 heteroatoms. The Morgan fingerprint density at radius 3 is 2.18 bits per heavy atom. The van der Waals surface area contributed by atoms with Crippen LogP contribution in [-0.4, -0.2) is 5.11 Å². The van der Waals surface area contributed by atoms with E-state index >= 15 is 0 Å². The highest BCUT2D eigenvalue weighted by Crippen LogP contribution is 2.37. The number of benzene rings is 2. The van der Waals surface area contributed by atoms with Gasteiger partial charge in [0.1, 0.15) is 5.82 Å². The van der Waals surface area contributed by atoms with Crippen molar-refractivity contribution in [2.75, 3.05) is 0 Å². The molecule has 0 heterocycles. The highest BCUT2D eigenvalue weighted by molar-refractivity contribution is 5.24. The largest absolute Gasteiger partial charge is 0.392 e. The van der Waals surface area contributed by atoms with Gasteiger partial charge in [-0.3, -0.25) is 0 Å². The van der Waals surface area contributed by atoms with E-state index in [0.717, 1.165) is 17.7 Å². The molecule has 0 saturated heterocycles. The molecular formula is C19H22FNO. The Morgan fingerprint density at radius 1 is 1.00 bits per heavy atom. The lowest BCUT2D eigenvalue weighted by molar-refractivity contribution is 0.229. The van der Waals surface area contributed by atoms with Crippen molar-refractivity contribution < 1.29 is 9.50 Å². The van der Waals surface area contributed by atoms with Crippen LogP contribution in [0.5, 0.6) is 0 Å². The first-order chi connectivity index (χ1) is 10.8. The molecule has 0 spiro atoms. The van der Waals surface area contributed by atoms with Crippen LogP contribution in [0.15, 0.2) is 48.5 Å². The number of hydrogen-bond acceptors (Lipinski definition) is 2. The van der Waals surface area contributed by atoms with Crippen LogP contribution < -0.4 is 5.32 Å². The summed E-state index contributed by atoms with van der Waals surface area (Å²) in [6, 6.07) is 15.1. The van der Waals surface area contributed by atoms with E-state index < -0.39 is 0 Å². The zero-order valence-electron chi connectivity index (χ0n) is 12.6. The van der Waals surface area contributed by atoms with Crippen molar-refractivity contribution in [1.29, 1.82) is 0 Å². The van der Waals surface area contributed by atoms with Gasteiger partial charge in [0, 0.05) is 12.6 Å². The maximum Gasteiger partial charge on any atom is 0.123 e. The lowest BCUT2D eigenvalue weighted by Crippen LogP contribution is -2.31. The summed E-state index contributed by atoms with van der Waals surface area (Å²) in [5, 5.41) is 12.7. The van der Waals surface area contributed by atoms with Gasteiger partial charge in [0.05, 0.1) is 6.61 Å². The molecule has 0 aromatic heterocycles. The summed E-state index contributed by atoms with van der Waals surface area (Å²) in [6.07, 6.45) is 3.76. The topological polar surface area (TPSA) is 32.3 Å². The van der Waals surface area contributed by atoms with Crippen LogP contribution in [0.25, 0.3) is 0 Å². The van der Waals surface area contributed by atoms with Gasteiger partial charge < -0.3 is 10.4 Å². The van der Waals surface area contributed by atoms with Crippen molar-refractivity contribution in [3.63, 3.8) is 0 Å². The van der Waals surface area contributed by atoms with Gasteiger partial charge in [0.15, 0.2) is 0 Å². The first kappa shape index (κ1) is 15.2. The van der Waals surface area contributed by atoms with Gasteiger partial charge >= 0.3 is 0 Å². The van der Waals surface area contributed by atoms with Gasteiger partial charge in [-0.1, -0.05) is 42.8 Å². The summed E-state index contributed by atoms with van der Waals surface area (Å²) >= 11 is 0. The molecule has 1 saturated carbocycles. The lowest BCUT2D eigenvalue weighted by Gasteiger charge is -2.35. The fourth-order valence-corrected chi connectivity index (χ4v) is 2.99. The number of aliphatic hydroxyl groups excluding tert-OH is 1. The maximum absolute atomic E-state index is 13.1. The van der Waals surface area contributed by atoms with Crippen LogP contribution in [-0.2, 0) is 13.2 Å². The number of rotatable bonds is 6. The standard InChI is InChI=1S/C19H22FNO/c20-18-10-8-17(9-11-18)19(16-2-1-3-16)21-12-14-4-6-15(13-22)7-5-14/h4-11,16,19,21-22H,1-3,12-13H2. The molecule has 2 nitrogen and oxygen atoms in total. The molecule has 2 aromatic rings. The highest BCUT2D eigenvalue weighted by Gasteiger charge is 2.28. The smallest absolute Gasteiger partial charge is 0.123 e. The van der Waals surface area contributed by atoms with Crippen LogP contribution in [0.4, 0.5) is 4.39 Å². The summed E-state index contributed by atoms with van der Waals surface area (Å²) in [5.41, 5.74) is 3.29. The van der Waals surface area contributed by atoms with Crippen molar-refractivity contribution >= 4 is 0 Å². The molecule has 3 rings (SSSR count). The molecule has 1 aliphatic carbocycles. The summed E-state index contributed by atoms with van der Waals surface area (Å²) in [6.45, 7) is 0.859. The van der Waals surface area contributed by atoms with Gasteiger partial charge in [-0.05, 0) is 47.6 Å². The third-order valence-corrected chi connectivity index (χ3v) is 4.58. The Bertz CT molecular complexity index is 590. The number of nitrogens with one attached hydrogen (secondary N) is 1. The number of halogens is 1. The highest BCUT2D eigenvalue weighted by atomic mass is 19.1. The van der Waals surface area contributed by atoms with E-state index in [9.17, 15) is 4.39 Å². The van der Waals surface area contributed by atoms with Crippen molar-refractivity contribution in [2.24, 2.45) is 5.92 Å². The second-order valence-corrected chi connectivity index (χ2v) is 6.08. The molecule has 1 fully saturated rings. The van der Waals surface area contributed by atoms with Crippen molar-refractivity contribution in [3.05, 3.63) is 71.0 Å².